The van der Waals surface area contributed by atoms with E-state index < -0.39 is 10.0 Å². The van der Waals surface area contributed by atoms with Gasteiger partial charge in [0.05, 0.1) is 22.3 Å². The Morgan fingerprint density at radius 1 is 1.10 bits per heavy atom. The van der Waals surface area contributed by atoms with Gasteiger partial charge in [0.1, 0.15) is 4.90 Å². The Kier molecular flexibility index (Phi) is 5.16. The second-order valence-corrected chi connectivity index (χ2v) is 7.53. The number of aliphatic hydroxyl groups is 1. The lowest BCUT2D eigenvalue weighted by atomic mass is 10.2. The Morgan fingerprint density at radius 3 is 2.43 bits per heavy atom. The molecule has 0 bridgehead atoms. The number of sulfonamides is 1. The largest absolute Gasteiger partial charge is 0.392 e. The standard InChI is InChI=1S/C13H10BrCl2NO3S/c14-9-2-4-12(11(16)6-9)17-21(19,20)13-5-8(7-18)1-3-10(13)15/h1-6,17-18H,7H2. The third kappa shape index (κ3) is 3.90. The number of halogens is 3. The Balaban J connectivity index is 2.43. The predicted molar refractivity (Wildman–Crippen MR) is 87.3 cm³/mol. The van der Waals surface area contributed by atoms with E-state index in [0.29, 0.717) is 5.56 Å². The molecule has 0 aliphatic carbocycles. The monoisotopic (exact) mass is 409 g/mol. The van der Waals surface area contributed by atoms with E-state index >= 15 is 0 Å². The highest BCUT2D eigenvalue weighted by Gasteiger charge is 2.19. The molecule has 0 amide bonds. The first-order valence-electron chi connectivity index (χ1n) is 5.70. The number of aliphatic hydroxyl groups excluding tert-OH is 1. The van der Waals surface area contributed by atoms with Crippen molar-refractivity contribution in [2.24, 2.45) is 0 Å². The van der Waals surface area contributed by atoms with E-state index in [-0.39, 0.29) is 27.2 Å². The summed E-state index contributed by atoms with van der Waals surface area (Å²) in [7, 11) is -3.90. The van der Waals surface area contributed by atoms with E-state index in [1.807, 2.05) is 0 Å². The smallest absolute Gasteiger partial charge is 0.263 e. The van der Waals surface area contributed by atoms with E-state index in [1.165, 1.54) is 18.2 Å². The van der Waals surface area contributed by atoms with Gasteiger partial charge in [-0.3, -0.25) is 4.72 Å². The van der Waals surface area contributed by atoms with Crippen LogP contribution in [0.25, 0.3) is 0 Å². The van der Waals surface area contributed by atoms with Gasteiger partial charge in [0.25, 0.3) is 10.0 Å². The van der Waals surface area contributed by atoms with Crippen molar-refractivity contribution in [2.75, 3.05) is 4.72 Å². The number of nitrogens with one attached hydrogen (secondary N) is 1. The normalized spacial score (nSPS) is 11.4. The summed E-state index contributed by atoms with van der Waals surface area (Å²) in [5.41, 5.74) is 0.687. The van der Waals surface area contributed by atoms with Crippen molar-refractivity contribution < 1.29 is 13.5 Å². The molecule has 0 aliphatic heterocycles. The van der Waals surface area contributed by atoms with Crippen LogP contribution in [-0.2, 0) is 16.6 Å². The fourth-order valence-electron chi connectivity index (χ4n) is 1.62. The zero-order chi connectivity index (χ0) is 15.6. The molecule has 112 valence electrons. The fraction of sp³-hybridized carbons (Fsp3) is 0.0769. The average molecular weight is 411 g/mol. The number of anilines is 1. The van der Waals surface area contributed by atoms with Gasteiger partial charge in [-0.2, -0.15) is 0 Å². The van der Waals surface area contributed by atoms with E-state index in [4.69, 9.17) is 28.3 Å². The van der Waals surface area contributed by atoms with Crippen LogP contribution in [0.5, 0.6) is 0 Å². The van der Waals surface area contributed by atoms with Crippen molar-refractivity contribution in [3.05, 3.63) is 56.5 Å². The summed E-state index contributed by atoms with van der Waals surface area (Å²) in [6.45, 7) is -0.279. The zero-order valence-electron chi connectivity index (χ0n) is 10.5. The van der Waals surface area contributed by atoms with E-state index in [1.54, 1.807) is 18.2 Å². The second kappa shape index (κ2) is 6.54. The van der Waals surface area contributed by atoms with Crippen molar-refractivity contribution in [3.63, 3.8) is 0 Å². The summed E-state index contributed by atoms with van der Waals surface area (Å²) < 4.78 is 27.9. The van der Waals surface area contributed by atoms with Crippen molar-refractivity contribution in [1.29, 1.82) is 0 Å². The lowest BCUT2D eigenvalue weighted by Gasteiger charge is -2.12. The second-order valence-electron chi connectivity index (χ2n) is 4.15. The first kappa shape index (κ1) is 16.6. The predicted octanol–water partition coefficient (Wildman–Crippen LogP) is 4.05. The highest BCUT2D eigenvalue weighted by atomic mass is 79.9. The molecule has 0 unspecified atom stereocenters. The summed E-state index contributed by atoms with van der Waals surface area (Å²) >= 11 is 15.2. The Labute approximate surface area is 140 Å². The molecule has 2 rings (SSSR count). The molecule has 0 aromatic heterocycles. The summed E-state index contributed by atoms with van der Waals surface area (Å²) in [6.07, 6.45) is 0. The van der Waals surface area contributed by atoms with Gasteiger partial charge in [-0.05, 0) is 35.9 Å². The number of hydrogen-bond donors (Lipinski definition) is 2. The van der Waals surface area contributed by atoms with Crippen LogP contribution < -0.4 is 4.72 Å². The van der Waals surface area contributed by atoms with Gasteiger partial charge >= 0.3 is 0 Å². The summed E-state index contributed by atoms with van der Waals surface area (Å²) in [6, 6.07) is 9.06. The van der Waals surface area contributed by atoms with Crippen LogP contribution in [0.15, 0.2) is 45.8 Å². The molecule has 0 radical (unpaired) electrons. The average Bonchev–Trinajstić information content (AvgIpc) is 2.42. The maximum absolute atomic E-state index is 12.4. The van der Waals surface area contributed by atoms with Gasteiger partial charge in [-0.1, -0.05) is 45.2 Å². The number of rotatable bonds is 4. The Bertz CT molecular complexity index is 781. The maximum atomic E-state index is 12.4. The zero-order valence-corrected chi connectivity index (χ0v) is 14.4. The van der Waals surface area contributed by atoms with Crippen molar-refractivity contribution >= 4 is 54.8 Å². The van der Waals surface area contributed by atoms with Gasteiger partial charge in [-0.15, -0.1) is 0 Å². The minimum absolute atomic E-state index is 0.0629. The van der Waals surface area contributed by atoms with Crippen LogP contribution in [0.4, 0.5) is 5.69 Å². The van der Waals surface area contributed by atoms with Crippen LogP contribution in [0.1, 0.15) is 5.56 Å². The maximum Gasteiger partial charge on any atom is 0.263 e. The van der Waals surface area contributed by atoms with Gasteiger partial charge in [0.15, 0.2) is 0 Å². The van der Waals surface area contributed by atoms with Gasteiger partial charge < -0.3 is 5.11 Å². The molecule has 0 saturated carbocycles. The molecule has 8 heteroatoms. The molecular weight excluding hydrogens is 401 g/mol. The molecule has 21 heavy (non-hydrogen) atoms. The molecule has 0 spiro atoms. The number of hydrogen-bond acceptors (Lipinski definition) is 3. The van der Waals surface area contributed by atoms with Crippen LogP contribution in [-0.4, -0.2) is 13.5 Å². The highest BCUT2D eigenvalue weighted by Crippen LogP contribution is 2.30. The molecule has 0 heterocycles. The first-order valence-corrected chi connectivity index (χ1v) is 8.74. The molecular formula is C13H10BrCl2NO3S. The minimum atomic E-state index is -3.90. The van der Waals surface area contributed by atoms with E-state index in [2.05, 4.69) is 20.7 Å². The molecule has 0 aliphatic rings. The molecule has 0 atom stereocenters. The molecule has 0 saturated heterocycles. The van der Waals surface area contributed by atoms with Crippen molar-refractivity contribution in [2.45, 2.75) is 11.5 Å². The summed E-state index contributed by atoms with van der Waals surface area (Å²) in [4.78, 5) is -0.116. The molecule has 4 nitrogen and oxygen atoms in total. The van der Waals surface area contributed by atoms with E-state index in [0.717, 1.165) is 4.47 Å². The number of benzene rings is 2. The summed E-state index contributed by atoms with van der Waals surface area (Å²) in [5, 5.41) is 9.41. The van der Waals surface area contributed by atoms with Gasteiger partial charge in [0.2, 0.25) is 0 Å². The van der Waals surface area contributed by atoms with Crippen molar-refractivity contribution in [1.82, 2.24) is 0 Å². The first-order chi connectivity index (χ1) is 9.83. The fourth-order valence-corrected chi connectivity index (χ4v) is 4.03. The third-order valence-electron chi connectivity index (χ3n) is 2.64. The minimum Gasteiger partial charge on any atom is -0.392 e. The van der Waals surface area contributed by atoms with Crippen LogP contribution in [0.2, 0.25) is 10.0 Å². The molecule has 2 N–H and O–H groups in total. The lowest BCUT2D eigenvalue weighted by molar-refractivity contribution is 0.281. The Hall–Kier alpha value is -0.790. The SMILES string of the molecule is O=S(=O)(Nc1ccc(Br)cc1Cl)c1cc(CO)ccc1Cl. The summed E-state index contributed by atoms with van der Waals surface area (Å²) in [5.74, 6) is 0. The van der Waals surface area contributed by atoms with Gasteiger partial charge in [-0.25, -0.2) is 8.42 Å². The molecule has 0 fully saturated rings. The van der Waals surface area contributed by atoms with Crippen LogP contribution in [0.3, 0.4) is 0 Å². The van der Waals surface area contributed by atoms with Crippen LogP contribution in [0, 0.1) is 0 Å². The van der Waals surface area contributed by atoms with E-state index in [9.17, 15) is 8.42 Å². The third-order valence-corrected chi connectivity index (χ3v) is 5.30. The Morgan fingerprint density at radius 2 is 1.81 bits per heavy atom. The lowest BCUT2D eigenvalue weighted by Crippen LogP contribution is -2.14. The molecule has 2 aromatic carbocycles. The van der Waals surface area contributed by atoms with Crippen LogP contribution >= 0.6 is 39.1 Å². The quantitative estimate of drug-likeness (QED) is 0.798. The topological polar surface area (TPSA) is 66.4 Å². The van der Waals surface area contributed by atoms with Crippen molar-refractivity contribution in [3.8, 4) is 0 Å². The highest BCUT2D eigenvalue weighted by molar-refractivity contribution is 9.10. The molecule has 2 aromatic rings. The van der Waals surface area contributed by atoms with Gasteiger partial charge in [0, 0.05) is 4.47 Å².